The molecular formula is C30H58O4Sn. The Morgan fingerprint density at radius 3 is 1.34 bits per heavy atom. The van der Waals surface area contributed by atoms with Crippen molar-refractivity contribution in [3.05, 3.63) is 0 Å². The van der Waals surface area contributed by atoms with Gasteiger partial charge in [-0.05, 0) is 32.1 Å². The molecule has 0 aromatic rings. The summed E-state index contributed by atoms with van der Waals surface area (Å²) in [7, 11) is 0. The summed E-state index contributed by atoms with van der Waals surface area (Å²) < 4.78 is 3.14. The monoisotopic (exact) mass is 602 g/mol. The van der Waals surface area contributed by atoms with Gasteiger partial charge in [0.15, 0.2) is 0 Å². The molecule has 35 heavy (non-hydrogen) atoms. The number of carboxylic acids is 2. The van der Waals surface area contributed by atoms with E-state index in [0.717, 1.165) is 50.4 Å². The Morgan fingerprint density at radius 1 is 0.629 bits per heavy atom. The molecule has 0 aromatic heterocycles. The van der Waals surface area contributed by atoms with Crippen LogP contribution < -0.4 is 10.2 Å². The van der Waals surface area contributed by atoms with E-state index in [2.05, 4.69) is 41.5 Å². The van der Waals surface area contributed by atoms with Crippen LogP contribution in [0, 0.1) is 17.3 Å². The standard InChI is InChI=1S/C22H42O4.2C4H9.Sn/c1-3-5-7-9-11-13-17-22(21(25)26,19-15-16-20(23)24)18-14-12-10-8-6-4-2;2*1-4(2)3;/h3-19H2,1-2H3,(H,23,24)(H,25,26);2*4H,1H2,2-3H3;/q;;;+2/p-2. The zero-order valence-electron chi connectivity index (χ0n) is 24.2. The molecule has 0 rings (SSSR count). The van der Waals surface area contributed by atoms with Crippen LogP contribution in [0.25, 0.3) is 0 Å². The van der Waals surface area contributed by atoms with E-state index in [4.69, 9.17) is 0 Å². The van der Waals surface area contributed by atoms with Gasteiger partial charge >= 0.3 is 69.5 Å². The summed E-state index contributed by atoms with van der Waals surface area (Å²) in [6.07, 6.45) is 15.4. The predicted octanol–water partition coefficient (Wildman–Crippen LogP) is 6.98. The summed E-state index contributed by atoms with van der Waals surface area (Å²) in [5, 5.41) is 22.7. The Morgan fingerprint density at radius 2 is 1.00 bits per heavy atom. The normalized spacial score (nSPS) is 11.3. The molecule has 0 atom stereocenters. The molecule has 0 saturated carbocycles. The Hall–Kier alpha value is -0.261. The van der Waals surface area contributed by atoms with Gasteiger partial charge in [-0.15, -0.1) is 0 Å². The molecule has 0 amide bonds. The van der Waals surface area contributed by atoms with Crippen LogP contribution in [-0.2, 0) is 9.59 Å². The molecule has 0 bridgehead atoms. The van der Waals surface area contributed by atoms with Gasteiger partial charge in [0.1, 0.15) is 0 Å². The van der Waals surface area contributed by atoms with Gasteiger partial charge < -0.3 is 19.8 Å². The molecule has 0 aliphatic rings. The first-order chi connectivity index (χ1) is 16.6. The van der Waals surface area contributed by atoms with Gasteiger partial charge in [0.25, 0.3) is 0 Å². The number of carbonyl (C=O) groups excluding carboxylic acids is 2. The van der Waals surface area contributed by atoms with Crippen LogP contribution in [0.15, 0.2) is 0 Å². The van der Waals surface area contributed by atoms with E-state index >= 15 is 0 Å². The fourth-order valence-electron chi connectivity index (χ4n) is 4.40. The van der Waals surface area contributed by atoms with E-state index in [-0.39, 0.29) is 27.6 Å². The van der Waals surface area contributed by atoms with Crippen molar-refractivity contribution < 1.29 is 19.8 Å². The van der Waals surface area contributed by atoms with Crippen molar-refractivity contribution in [2.75, 3.05) is 0 Å². The van der Waals surface area contributed by atoms with Crippen molar-refractivity contribution in [1.82, 2.24) is 0 Å². The summed E-state index contributed by atoms with van der Waals surface area (Å²) >= 11 is 0.0709. The third kappa shape index (κ3) is 25.2. The number of aliphatic carboxylic acids is 2. The molecule has 0 aliphatic carbocycles. The average molecular weight is 602 g/mol. The molecule has 0 radical (unpaired) electrons. The van der Waals surface area contributed by atoms with Gasteiger partial charge in [-0.3, -0.25) is 0 Å². The van der Waals surface area contributed by atoms with Crippen molar-refractivity contribution >= 4 is 33.1 Å². The summed E-state index contributed by atoms with van der Waals surface area (Å²) in [6, 6.07) is 0. The number of rotatable bonds is 23. The maximum absolute atomic E-state index is 12.0. The molecule has 4 nitrogen and oxygen atoms in total. The van der Waals surface area contributed by atoms with Crippen molar-refractivity contribution in [3.8, 4) is 0 Å². The second-order valence-electron chi connectivity index (χ2n) is 11.3. The van der Waals surface area contributed by atoms with Gasteiger partial charge in [0, 0.05) is 17.4 Å². The van der Waals surface area contributed by atoms with Gasteiger partial charge in [0.05, 0.1) is 0 Å². The van der Waals surface area contributed by atoms with Crippen LogP contribution in [0.4, 0.5) is 0 Å². The molecule has 0 N–H and O–H groups in total. The second-order valence-corrected chi connectivity index (χ2v) is 15.0. The number of hydrogen-bond donors (Lipinski definition) is 0. The maximum Gasteiger partial charge on any atom is 0.0476 e. The smallest absolute Gasteiger partial charge is 0.0476 e. The Bertz CT molecular complexity index is 467. The Labute approximate surface area is 229 Å². The maximum atomic E-state index is 12.0. The Kier molecular flexibility index (Phi) is 26.8. The summed E-state index contributed by atoms with van der Waals surface area (Å²) in [4.78, 5) is 22.7. The van der Waals surface area contributed by atoms with E-state index in [1.807, 2.05) is 0 Å². The molecule has 0 aromatic carbocycles. The van der Waals surface area contributed by atoms with Gasteiger partial charge in [-0.25, -0.2) is 0 Å². The largest absolute Gasteiger partial charge is 0.550 e. The zero-order valence-corrected chi connectivity index (χ0v) is 27.1. The van der Waals surface area contributed by atoms with Crippen molar-refractivity contribution in [2.45, 2.75) is 160 Å². The van der Waals surface area contributed by atoms with Gasteiger partial charge in [0.2, 0.25) is 0 Å². The number of carboxylic acid groups (broad SMARTS) is 2. The van der Waals surface area contributed by atoms with E-state index in [9.17, 15) is 19.8 Å². The molecule has 0 heterocycles. The van der Waals surface area contributed by atoms with Crippen LogP contribution in [0.2, 0.25) is 8.87 Å². The fourth-order valence-corrected chi connectivity index (χ4v) is 8.17. The van der Waals surface area contributed by atoms with E-state index in [0.29, 0.717) is 25.7 Å². The van der Waals surface area contributed by atoms with E-state index in [1.54, 1.807) is 8.87 Å². The molecule has 0 saturated heterocycles. The van der Waals surface area contributed by atoms with E-state index in [1.165, 1.54) is 38.5 Å². The molecule has 206 valence electrons. The molecular weight excluding hydrogens is 543 g/mol. The van der Waals surface area contributed by atoms with Crippen molar-refractivity contribution in [1.29, 1.82) is 0 Å². The molecule has 0 fully saturated rings. The molecule has 0 aliphatic heterocycles. The number of carbonyl (C=O) groups is 2. The molecule has 5 heteroatoms. The van der Waals surface area contributed by atoms with Crippen LogP contribution in [-0.4, -0.2) is 33.1 Å². The molecule has 0 unspecified atom stereocenters. The first-order valence-electron chi connectivity index (χ1n) is 14.7. The third-order valence-electron chi connectivity index (χ3n) is 6.59. The zero-order chi connectivity index (χ0) is 27.0. The molecule has 0 spiro atoms. The van der Waals surface area contributed by atoms with Crippen LogP contribution >= 0.6 is 0 Å². The number of hydrogen-bond acceptors (Lipinski definition) is 4. The topological polar surface area (TPSA) is 80.3 Å². The number of unbranched alkanes of at least 4 members (excludes halogenated alkanes) is 10. The van der Waals surface area contributed by atoms with Crippen molar-refractivity contribution in [2.24, 2.45) is 17.3 Å². The second kappa shape index (κ2) is 25.4. The minimum Gasteiger partial charge on any atom is -0.550 e. The fraction of sp³-hybridized carbons (Fsp3) is 0.933. The minimum atomic E-state index is -1.10. The van der Waals surface area contributed by atoms with Crippen LogP contribution in [0.1, 0.15) is 151 Å². The van der Waals surface area contributed by atoms with E-state index < -0.39 is 17.4 Å². The average Bonchev–Trinajstić information content (AvgIpc) is 2.77. The van der Waals surface area contributed by atoms with Crippen LogP contribution in [0.3, 0.4) is 0 Å². The van der Waals surface area contributed by atoms with Gasteiger partial charge in [-0.1, -0.05) is 90.9 Å². The Balaban J connectivity index is 0. The first-order valence-corrected chi connectivity index (χ1v) is 18.8. The van der Waals surface area contributed by atoms with Crippen LogP contribution in [0.5, 0.6) is 0 Å². The summed E-state index contributed by atoms with van der Waals surface area (Å²) in [6.45, 7) is 13.7. The first kappa shape index (κ1) is 36.9. The summed E-state index contributed by atoms with van der Waals surface area (Å²) in [5.74, 6) is -0.153. The minimum absolute atomic E-state index is 0.0674. The van der Waals surface area contributed by atoms with Crippen molar-refractivity contribution in [3.63, 3.8) is 0 Å². The quantitative estimate of drug-likeness (QED) is 0.0935. The summed E-state index contributed by atoms with van der Waals surface area (Å²) in [5.41, 5.74) is -0.856. The van der Waals surface area contributed by atoms with Gasteiger partial charge in [-0.2, -0.15) is 0 Å². The third-order valence-corrected chi connectivity index (χ3v) is 12.9. The predicted molar refractivity (Wildman–Crippen MR) is 147 cm³/mol. The SMILES string of the molecule is CC(C)[CH2][Sn+2][CH2]C(C)C.CCCCCCCCC(CCCCCCCC)(CCCC(=O)[O-])C(=O)[O-].